The van der Waals surface area contributed by atoms with E-state index >= 15 is 0 Å². The van der Waals surface area contributed by atoms with E-state index in [4.69, 9.17) is 0 Å². The number of hydrogen-bond donors (Lipinski definition) is 0. The molecule has 76 valence electrons. The molecule has 0 amide bonds. The van der Waals surface area contributed by atoms with E-state index in [0.29, 0.717) is 0 Å². The van der Waals surface area contributed by atoms with Crippen LogP contribution in [0.3, 0.4) is 0 Å². The standard InChI is InChI=1S/C8H6I2S4/c1-3-5(9)13-7(11-3)8-12-4(2)6(10)14-8/h1-2H3/b8-7+. The van der Waals surface area contributed by atoms with E-state index in [1.165, 1.54) is 24.1 Å². The maximum atomic E-state index is 2.42. The summed E-state index contributed by atoms with van der Waals surface area (Å²) in [6.45, 7) is 4.39. The van der Waals surface area contributed by atoms with Crippen LogP contribution in [0, 0.1) is 0 Å². The highest BCUT2D eigenvalue weighted by atomic mass is 127. The van der Waals surface area contributed by atoms with Gasteiger partial charge in [0.2, 0.25) is 0 Å². The molecule has 0 aromatic rings. The van der Waals surface area contributed by atoms with Crippen molar-refractivity contribution in [3.63, 3.8) is 0 Å². The first-order chi connectivity index (χ1) is 6.58. The Morgan fingerprint density at radius 2 is 1.07 bits per heavy atom. The number of hydrogen-bond acceptors (Lipinski definition) is 4. The van der Waals surface area contributed by atoms with Crippen molar-refractivity contribution in [3.05, 3.63) is 24.1 Å². The SMILES string of the molecule is CC1=C(I)S/C(=C2\SC(C)=C(I)S2)S1. The molecule has 2 rings (SSSR count). The smallest absolute Gasteiger partial charge is 0.0708 e. The van der Waals surface area contributed by atoms with E-state index in [9.17, 15) is 0 Å². The Balaban J connectivity index is 2.17. The van der Waals surface area contributed by atoms with Crippen LogP contribution < -0.4 is 0 Å². The third kappa shape index (κ3) is 2.66. The van der Waals surface area contributed by atoms with Gasteiger partial charge in [-0.3, -0.25) is 0 Å². The molecule has 0 bridgehead atoms. The average Bonchev–Trinajstić information content (AvgIpc) is 2.60. The molecule has 2 heterocycles. The predicted octanol–water partition coefficient (Wildman–Crippen LogP) is 6.32. The Bertz CT molecular complexity index is 313. The molecule has 2 aliphatic heterocycles. The predicted molar refractivity (Wildman–Crippen MR) is 90.8 cm³/mol. The fourth-order valence-electron chi connectivity index (χ4n) is 0.873. The average molecular weight is 484 g/mol. The first-order valence-corrected chi connectivity index (χ1v) is 9.18. The molecular weight excluding hydrogens is 478 g/mol. The van der Waals surface area contributed by atoms with Gasteiger partial charge < -0.3 is 0 Å². The Labute approximate surface area is 128 Å². The normalized spacial score (nSPS) is 28.3. The molecule has 0 N–H and O–H groups in total. The van der Waals surface area contributed by atoms with Crippen LogP contribution in [0.15, 0.2) is 24.1 Å². The van der Waals surface area contributed by atoms with Crippen molar-refractivity contribution in [2.75, 3.05) is 0 Å². The van der Waals surface area contributed by atoms with Crippen molar-refractivity contribution in [1.82, 2.24) is 0 Å². The summed E-state index contributed by atoms with van der Waals surface area (Å²) in [6, 6.07) is 0. The van der Waals surface area contributed by atoms with Gasteiger partial charge in [-0.1, -0.05) is 47.0 Å². The van der Waals surface area contributed by atoms with Gasteiger partial charge in [0.05, 0.1) is 14.3 Å². The van der Waals surface area contributed by atoms with Crippen LogP contribution in [0.2, 0.25) is 0 Å². The summed E-state index contributed by atoms with van der Waals surface area (Å²) in [4.78, 5) is 2.89. The molecule has 6 heteroatoms. The second kappa shape index (κ2) is 5.16. The van der Waals surface area contributed by atoms with Crippen molar-refractivity contribution >= 4 is 92.2 Å². The highest BCUT2D eigenvalue weighted by molar-refractivity contribution is 14.1. The quantitative estimate of drug-likeness (QED) is 0.369. The van der Waals surface area contributed by atoms with Gasteiger partial charge in [-0.25, -0.2) is 0 Å². The summed E-state index contributed by atoms with van der Waals surface area (Å²) < 4.78 is 5.78. The molecule has 0 aromatic carbocycles. The van der Waals surface area contributed by atoms with Gasteiger partial charge in [-0.15, -0.1) is 0 Å². The second-order valence-corrected chi connectivity index (χ2v) is 11.3. The summed E-state index contributed by atoms with van der Waals surface area (Å²) in [5, 5.41) is 0. The third-order valence-electron chi connectivity index (χ3n) is 1.58. The Morgan fingerprint density at radius 3 is 1.29 bits per heavy atom. The van der Waals surface area contributed by atoms with Crippen molar-refractivity contribution in [1.29, 1.82) is 0 Å². The largest absolute Gasteiger partial charge is 0.0840 e. The monoisotopic (exact) mass is 484 g/mol. The molecule has 0 unspecified atom stereocenters. The van der Waals surface area contributed by atoms with Crippen LogP contribution in [-0.2, 0) is 0 Å². The highest BCUT2D eigenvalue weighted by Gasteiger charge is 2.25. The fourth-order valence-corrected chi connectivity index (χ4v) is 8.50. The summed E-state index contributed by atoms with van der Waals surface area (Å²) in [7, 11) is 0. The Hall–Kier alpha value is 2.08. The molecule has 0 radical (unpaired) electrons. The molecule has 0 aromatic heterocycles. The maximum absolute atomic E-state index is 2.42. The van der Waals surface area contributed by atoms with Gasteiger partial charge >= 0.3 is 0 Å². The van der Waals surface area contributed by atoms with Gasteiger partial charge in [-0.2, -0.15) is 0 Å². The van der Waals surface area contributed by atoms with Crippen LogP contribution in [0.5, 0.6) is 0 Å². The van der Waals surface area contributed by atoms with Gasteiger partial charge in [-0.05, 0) is 59.0 Å². The van der Waals surface area contributed by atoms with Crippen molar-refractivity contribution in [2.45, 2.75) is 13.8 Å². The molecule has 0 aliphatic carbocycles. The van der Waals surface area contributed by atoms with Crippen molar-refractivity contribution in [3.8, 4) is 0 Å². The lowest BCUT2D eigenvalue weighted by molar-refractivity contribution is 1.72. The molecule has 0 atom stereocenters. The lowest BCUT2D eigenvalue weighted by atomic mass is 10.8. The lowest BCUT2D eigenvalue weighted by Gasteiger charge is -2.00. The fraction of sp³-hybridized carbons (Fsp3) is 0.250. The van der Waals surface area contributed by atoms with E-state index in [0.717, 1.165) is 0 Å². The van der Waals surface area contributed by atoms with Gasteiger partial charge in [0.15, 0.2) is 0 Å². The third-order valence-corrected chi connectivity index (χ3v) is 10.6. The molecular formula is C8H6I2S4. The number of halogens is 2. The summed E-state index contributed by atoms with van der Waals surface area (Å²) in [5.74, 6) is 0. The van der Waals surface area contributed by atoms with Gasteiger partial charge in [0.1, 0.15) is 0 Å². The number of rotatable bonds is 0. The minimum atomic E-state index is 1.43. The number of thioether (sulfide) groups is 4. The van der Waals surface area contributed by atoms with E-state index in [2.05, 4.69) is 59.0 Å². The Kier molecular flexibility index (Phi) is 4.62. The molecule has 14 heavy (non-hydrogen) atoms. The minimum Gasteiger partial charge on any atom is -0.0840 e. The van der Waals surface area contributed by atoms with E-state index in [1.807, 2.05) is 47.0 Å². The van der Waals surface area contributed by atoms with Crippen LogP contribution in [0.4, 0.5) is 0 Å². The first-order valence-electron chi connectivity index (χ1n) is 3.76. The molecule has 0 nitrogen and oxygen atoms in total. The summed E-state index contributed by atoms with van der Waals surface area (Å²) >= 11 is 12.5. The minimum absolute atomic E-state index is 1.43. The molecule has 0 fully saturated rings. The molecule has 0 spiro atoms. The lowest BCUT2D eigenvalue weighted by Crippen LogP contribution is -1.66. The zero-order chi connectivity index (χ0) is 10.3. The van der Waals surface area contributed by atoms with Gasteiger partial charge in [0.25, 0.3) is 0 Å². The maximum Gasteiger partial charge on any atom is 0.0708 e. The van der Waals surface area contributed by atoms with Crippen LogP contribution in [0.25, 0.3) is 0 Å². The topological polar surface area (TPSA) is 0 Å². The van der Waals surface area contributed by atoms with Crippen LogP contribution in [0.1, 0.15) is 13.8 Å². The highest BCUT2D eigenvalue weighted by Crippen LogP contribution is 2.61. The zero-order valence-corrected chi connectivity index (χ0v) is 15.0. The van der Waals surface area contributed by atoms with Crippen LogP contribution in [-0.4, -0.2) is 0 Å². The van der Waals surface area contributed by atoms with Crippen LogP contribution >= 0.6 is 92.2 Å². The second-order valence-electron chi connectivity index (χ2n) is 2.64. The van der Waals surface area contributed by atoms with Crippen molar-refractivity contribution in [2.24, 2.45) is 0 Å². The van der Waals surface area contributed by atoms with Crippen molar-refractivity contribution < 1.29 is 0 Å². The van der Waals surface area contributed by atoms with E-state index < -0.39 is 0 Å². The van der Waals surface area contributed by atoms with E-state index in [-0.39, 0.29) is 0 Å². The molecule has 0 saturated carbocycles. The first kappa shape index (κ1) is 12.5. The molecule has 0 saturated heterocycles. The zero-order valence-electron chi connectivity index (χ0n) is 7.39. The number of allylic oxidation sites excluding steroid dienone is 2. The van der Waals surface area contributed by atoms with E-state index in [1.54, 1.807) is 0 Å². The summed E-state index contributed by atoms with van der Waals surface area (Å²) in [6.07, 6.45) is 0. The Morgan fingerprint density at radius 1 is 0.714 bits per heavy atom. The molecule has 2 aliphatic rings. The van der Waals surface area contributed by atoms with Gasteiger partial charge in [0, 0.05) is 9.81 Å². The summed E-state index contributed by atoms with van der Waals surface area (Å²) in [5.41, 5.74) is 0.